The summed E-state index contributed by atoms with van der Waals surface area (Å²) in [5.74, 6) is 2.89. The first-order valence-electron chi connectivity index (χ1n) is 8.25. The minimum Gasteiger partial charge on any atom is -0.323 e. The maximum absolute atomic E-state index is 6.81. The fourth-order valence-electron chi connectivity index (χ4n) is 5.91. The van der Waals surface area contributed by atoms with Crippen molar-refractivity contribution in [3.8, 4) is 0 Å². The van der Waals surface area contributed by atoms with E-state index in [0.29, 0.717) is 5.41 Å². The molecule has 4 aliphatic carbocycles. The van der Waals surface area contributed by atoms with E-state index in [1.165, 1.54) is 44.1 Å². The number of nitrogens with zero attached hydrogens (tertiary/aromatic N) is 1. The van der Waals surface area contributed by atoms with E-state index in [0.717, 1.165) is 29.1 Å². The maximum Gasteiger partial charge on any atom is 0.0423 e. The molecule has 4 saturated carbocycles. The van der Waals surface area contributed by atoms with Gasteiger partial charge in [-0.15, -0.1) is 0 Å². The Morgan fingerprint density at radius 1 is 1.05 bits per heavy atom. The van der Waals surface area contributed by atoms with Crippen LogP contribution in [0.1, 0.15) is 61.5 Å². The van der Waals surface area contributed by atoms with Crippen LogP contribution in [0.25, 0.3) is 0 Å². The molecule has 1 heterocycles. The third kappa shape index (κ3) is 1.84. The molecule has 0 saturated heterocycles. The quantitative estimate of drug-likeness (QED) is 0.884. The SMILES string of the molecule is Cc1ccc(C(N)C23CC4CC(CC(C4)C2)C3)c(C)n1. The molecule has 108 valence electrons. The summed E-state index contributed by atoms with van der Waals surface area (Å²) in [5, 5.41) is 0. The second kappa shape index (κ2) is 4.30. The van der Waals surface area contributed by atoms with Crippen molar-refractivity contribution in [3.05, 3.63) is 29.1 Å². The molecule has 0 amide bonds. The van der Waals surface area contributed by atoms with Crippen molar-refractivity contribution in [1.29, 1.82) is 0 Å². The molecular formula is C18H26N2. The summed E-state index contributed by atoms with van der Waals surface area (Å²) < 4.78 is 0. The number of rotatable bonds is 2. The molecule has 2 heteroatoms. The van der Waals surface area contributed by atoms with Gasteiger partial charge < -0.3 is 5.73 Å². The zero-order valence-corrected chi connectivity index (χ0v) is 12.7. The fourth-order valence-corrected chi connectivity index (χ4v) is 5.91. The van der Waals surface area contributed by atoms with E-state index in [2.05, 4.69) is 31.0 Å². The van der Waals surface area contributed by atoms with Gasteiger partial charge in [0, 0.05) is 17.4 Å². The van der Waals surface area contributed by atoms with Crippen LogP contribution in [0.5, 0.6) is 0 Å². The lowest BCUT2D eigenvalue weighted by molar-refractivity contribution is -0.0679. The standard InChI is InChI=1S/C18H26N2/c1-11-3-4-16(12(2)20-11)17(19)18-8-13-5-14(9-18)7-15(6-13)10-18/h3-4,13-15,17H,5-10,19H2,1-2H3. The van der Waals surface area contributed by atoms with Crippen molar-refractivity contribution < 1.29 is 0 Å². The van der Waals surface area contributed by atoms with E-state index in [1.807, 2.05) is 0 Å². The molecule has 0 spiro atoms. The zero-order chi connectivity index (χ0) is 13.9. The summed E-state index contributed by atoms with van der Waals surface area (Å²) in [7, 11) is 0. The molecule has 1 aromatic rings. The third-order valence-corrected chi connectivity index (χ3v) is 6.35. The van der Waals surface area contributed by atoms with Crippen LogP contribution in [0.3, 0.4) is 0 Å². The van der Waals surface area contributed by atoms with Crippen LogP contribution in [-0.4, -0.2) is 4.98 Å². The van der Waals surface area contributed by atoms with E-state index in [1.54, 1.807) is 0 Å². The molecule has 4 bridgehead atoms. The highest BCUT2D eigenvalue weighted by atomic mass is 14.8. The van der Waals surface area contributed by atoms with Crippen LogP contribution in [-0.2, 0) is 0 Å². The molecule has 4 aliphatic rings. The summed E-state index contributed by atoms with van der Waals surface area (Å²) in [5.41, 5.74) is 10.7. The zero-order valence-electron chi connectivity index (χ0n) is 12.7. The minimum absolute atomic E-state index is 0.198. The van der Waals surface area contributed by atoms with Gasteiger partial charge in [0.15, 0.2) is 0 Å². The Morgan fingerprint density at radius 2 is 1.60 bits per heavy atom. The van der Waals surface area contributed by atoms with E-state index in [4.69, 9.17) is 5.73 Å². The van der Waals surface area contributed by atoms with E-state index >= 15 is 0 Å². The lowest BCUT2D eigenvalue weighted by Gasteiger charge is -2.59. The van der Waals surface area contributed by atoms with E-state index < -0.39 is 0 Å². The number of hydrogen-bond donors (Lipinski definition) is 1. The molecule has 0 aliphatic heterocycles. The van der Waals surface area contributed by atoms with Crippen molar-refractivity contribution in [2.24, 2.45) is 28.9 Å². The minimum atomic E-state index is 0.198. The molecule has 4 fully saturated rings. The lowest BCUT2D eigenvalue weighted by Crippen LogP contribution is -2.51. The Hall–Kier alpha value is -0.890. The molecule has 1 unspecified atom stereocenters. The van der Waals surface area contributed by atoms with Crippen molar-refractivity contribution in [3.63, 3.8) is 0 Å². The Labute approximate surface area is 122 Å². The summed E-state index contributed by atoms with van der Waals surface area (Å²) in [6.07, 6.45) is 8.56. The van der Waals surface area contributed by atoms with Crippen molar-refractivity contribution in [1.82, 2.24) is 4.98 Å². The second-order valence-corrected chi connectivity index (χ2v) is 7.88. The van der Waals surface area contributed by atoms with Crippen molar-refractivity contribution in [2.45, 2.75) is 58.4 Å². The number of hydrogen-bond acceptors (Lipinski definition) is 2. The fraction of sp³-hybridized carbons (Fsp3) is 0.722. The average molecular weight is 270 g/mol. The van der Waals surface area contributed by atoms with Gasteiger partial charge in [-0.2, -0.15) is 0 Å². The molecule has 2 N–H and O–H groups in total. The molecule has 0 radical (unpaired) electrons. The summed E-state index contributed by atoms with van der Waals surface area (Å²) >= 11 is 0. The Balaban J connectivity index is 1.69. The summed E-state index contributed by atoms with van der Waals surface area (Å²) in [4.78, 5) is 4.64. The predicted octanol–water partition coefficient (Wildman–Crippen LogP) is 3.91. The molecule has 5 rings (SSSR count). The first-order valence-corrected chi connectivity index (χ1v) is 8.25. The Bertz CT molecular complexity index is 499. The highest BCUT2D eigenvalue weighted by molar-refractivity contribution is 5.28. The highest BCUT2D eigenvalue weighted by Gasteiger charge is 2.53. The number of aryl methyl sites for hydroxylation is 2. The van der Waals surface area contributed by atoms with Gasteiger partial charge in [0.2, 0.25) is 0 Å². The first kappa shape index (κ1) is 12.8. The van der Waals surface area contributed by atoms with E-state index in [-0.39, 0.29) is 6.04 Å². The number of nitrogens with two attached hydrogens (primary N) is 1. The van der Waals surface area contributed by atoms with Crippen LogP contribution >= 0.6 is 0 Å². The monoisotopic (exact) mass is 270 g/mol. The van der Waals surface area contributed by atoms with Gasteiger partial charge in [0.25, 0.3) is 0 Å². The first-order chi connectivity index (χ1) is 9.56. The number of aromatic nitrogens is 1. The predicted molar refractivity (Wildman–Crippen MR) is 81.2 cm³/mol. The summed E-state index contributed by atoms with van der Waals surface area (Å²) in [6, 6.07) is 4.56. The molecular weight excluding hydrogens is 244 g/mol. The van der Waals surface area contributed by atoms with Gasteiger partial charge in [0.05, 0.1) is 0 Å². The third-order valence-electron chi connectivity index (χ3n) is 6.35. The van der Waals surface area contributed by atoms with Gasteiger partial charge in [-0.3, -0.25) is 4.98 Å². The average Bonchev–Trinajstić information content (AvgIpc) is 2.36. The van der Waals surface area contributed by atoms with Crippen molar-refractivity contribution in [2.75, 3.05) is 0 Å². The van der Waals surface area contributed by atoms with Gasteiger partial charge in [0.1, 0.15) is 0 Å². The van der Waals surface area contributed by atoms with Gasteiger partial charge in [-0.05, 0) is 87.2 Å². The molecule has 2 nitrogen and oxygen atoms in total. The van der Waals surface area contributed by atoms with Crippen LogP contribution in [0.2, 0.25) is 0 Å². The summed E-state index contributed by atoms with van der Waals surface area (Å²) in [6.45, 7) is 4.19. The molecule has 0 aromatic carbocycles. The Morgan fingerprint density at radius 3 is 2.10 bits per heavy atom. The number of pyridine rings is 1. The normalized spacial score (nSPS) is 40.0. The smallest absolute Gasteiger partial charge is 0.0423 e. The highest BCUT2D eigenvalue weighted by Crippen LogP contribution is 2.63. The van der Waals surface area contributed by atoms with Gasteiger partial charge in [-0.25, -0.2) is 0 Å². The largest absolute Gasteiger partial charge is 0.323 e. The lowest BCUT2D eigenvalue weighted by atomic mass is 9.47. The second-order valence-electron chi connectivity index (χ2n) is 7.88. The van der Waals surface area contributed by atoms with E-state index in [9.17, 15) is 0 Å². The molecule has 1 aromatic heterocycles. The van der Waals surface area contributed by atoms with Crippen LogP contribution in [0.4, 0.5) is 0 Å². The van der Waals surface area contributed by atoms with Crippen molar-refractivity contribution >= 4 is 0 Å². The van der Waals surface area contributed by atoms with Crippen LogP contribution in [0, 0.1) is 37.0 Å². The topological polar surface area (TPSA) is 38.9 Å². The van der Waals surface area contributed by atoms with Crippen LogP contribution in [0.15, 0.2) is 12.1 Å². The van der Waals surface area contributed by atoms with Gasteiger partial charge in [-0.1, -0.05) is 6.07 Å². The van der Waals surface area contributed by atoms with Crippen LogP contribution < -0.4 is 5.73 Å². The maximum atomic E-state index is 6.81. The molecule has 1 atom stereocenters. The van der Waals surface area contributed by atoms with Gasteiger partial charge >= 0.3 is 0 Å². The Kier molecular flexibility index (Phi) is 2.76. The molecule has 20 heavy (non-hydrogen) atoms.